The van der Waals surface area contributed by atoms with Crippen LogP contribution in [0.4, 0.5) is 0 Å². The summed E-state index contributed by atoms with van der Waals surface area (Å²) in [4.78, 5) is 24.4. The van der Waals surface area contributed by atoms with Crippen LogP contribution in [0.25, 0.3) is 0 Å². The molecule has 1 saturated heterocycles. The topological polar surface area (TPSA) is 97.5 Å². The van der Waals surface area contributed by atoms with Gasteiger partial charge in [-0.2, -0.15) is 10.2 Å². The zero-order chi connectivity index (χ0) is 16.5. The van der Waals surface area contributed by atoms with Crippen LogP contribution >= 0.6 is 0 Å². The highest BCUT2D eigenvalue weighted by atomic mass is 16.6. The summed E-state index contributed by atoms with van der Waals surface area (Å²) in [6, 6.07) is 0. The van der Waals surface area contributed by atoms with Gasteiger partial charge in [-0.3, -0.25) is 0 Å². The van der Waals surface area contributed by atoms with Gasteiger partial charge in [-0.05, 0) is 31.8 Å². The summed E-state index contributed by atoms with van der Waals surface area (Å²) in [7, 11) is 0. The Hall–Kier alpha value is -1.76. The van der Waals surface area contributed by atoms with Crippen LogP contribution in [0.3, 0.4) is 0 Å². The van der Waals surface area contributed by atoms with Crippen LogP contribution in [0.5, 0.6) is 0 Å². The number of ether oxygens (including phenoxy) is 2. The molecule has 0 aromatic carbocycles. The Bertz CT molecular complexity index is 646. The Morgan fingerprint density at radius 2 is 2.13 bits per heavy atom. The number of carbonyl (C=O) groups excluding carboxylic acids is 2. The first-order valence-corrected chi connectivity index (χ1v) is 8.08. The van der Waals surface area contributed by atoms with Crippen molar-refractivity contribution in [3.8, 4) is 0 Å². The van der Waals surface area contributed by atoms with E-state index in [1.807, 2.05) is 6.92 Å². The lowest BCUT2D eigenvalue weighted by Gasteiger charge is -2.48. The number of hydrogen-bond donors (Lipinski definition) is 1. The lowest BCUT2D eigenvalue weighted by molar-refractivity contribution is -0.222. The fourth-order valence-electron chi connectivity index (χ4n) is 4.71. The summed E-state index contributed by atoms with van der Waals surface area (Å²) >= 11 is 0. The Kier molecular flexibility index (Phi) is 2.84. The molecule has 4 rings (SSSR count). The van der Waals surface area contributed by atoms with E-state index in [9.17, 15) is 14.7 Å². The molecule has 2 fully saturated rings. The van der Waals surface area contributed by atoms with Crippen LogP contribution in [-0.4, -0.2) is 46.4 Å². The largest absolute Gasteiger partial charge is 0.456 e. The van der Waals surface area contributed by atoms with Crippen molar-refractivity contribution in [1.29, 1.82) is 0 Å². The van der Waals surface area contributed by atoms with Gasteiger partial charge in [-0.25, -0.2) is 9.59 Å². The number of esters is 2. The van der Waals surface area contributed by atoms with Crippen molar-refractivity contribution in [2.24, 2.45) is 22.1 Å². The second-order valence-electron chi connectivity index (χ2n) is 7.24. The minimum atomic E-state index is -1.37. The highest BCUT2D eigenvalue weighted by Gasteiger charge is 2.71. The summed E-state index contributed by atoms with van der Waals surface area (Å²) in [5, 5.41) is 19.5. The highest BCUT2D eigenvalue weighted by Crippen LogP contribution is 2.55. The van der Waals surface area contributed by atoms with E-state index in [1.165, 1.54) is 12.2 Å². The van der Waals surface area contributed by atoms with Gasteiger partial charge in [0.15, 0.2) is 17.2 Å². The van der Waals surface area contributed by atoms with Crippen LogP contribution < -0.4 is 0 Å². The summed E-state index contributed by atoms with van der Waals surface area (Å²) in [6.07, 6.45) is 3.89. The maximum atomic E-state index is 12.5. The van der Waals surface area contributed by atoms with Crippen molar-refractivity contribution in [1.82, 2.24) is 0 Å². The number of aliphatic hydroxyl groups is 1. The van der Waals surface area contributed by atoms with Gasteiger partial charge in [0.05, 0.1) is 6.54 Å². The molecule has 0 bridgehead atoms. The fourth-order valence-corrected chi connectivity index (χ4v) is 4.71. The Labute approximate surface area is 133 Å². The number of hydrogen-bond acceptors (Lipinski definition) is 7. The summed E-state index contributed by atoms with van der Waals surface area (Å²) in [6.45, 7) is 4.08. The van der Waals surface area contributed by atoms with Gasteiger partial charge in [0, 0.05) is 18.4 Å². The van der Waals surface area contributed by atoms with Crippen LogP contribution in [0.1, 0.15) is 33.1 Å². The van der Waals surface area contributed by atoms with E-state index >= 15 is 0 Å². The first-order valence-electron chi connectivity index (χ1n) is 8.08. The fraction of sp³-hybridized carbons (Fsp3) is 0.750. The molecule has 0 aromatic heterocycles. The Morgan fingerprint density at radius 1 is 1.35 bits per heavy atom. The normalized spacial score (nSPS) is 51.2. The van der Waals surface area contributed by atoms with E-state index in [0.717, 1.165) is 0 Å². The lowest BCUT2D eigenvalue weighted by atomic mass is 9.69. The van der Waals surface area contributed by atoms with E-state index in [2.05, 4.69) is 10.2 Å². The third-order valence-electron chi connectivity index (χ3n) is 6.19. The summed E-state index contributed by atoms with van der Waals surface area (Å²) in [5.41, 5.74) is -3.68. The third-order valence-corrected chi connectivity index (χ3v) is 6.19. The van der Waals surface area contributed by atoms with Gasteiger partial charge in [0.1, 0.15) is 5.60 Å². The van der Waals surface area contributed by atoms with Gasteiger partial charge in [-0.15, -0.1) is 0 Å². The van der Waals surface area contributed by atoms with Crippen molar-refractivity contribution in [3.05, 3.63) is 12.2 Å². The molecule has 0 aromatic rings. The first kappa shape index (κ1) is 14.8. The molecule has 1 saturated carbocycles. The molecule has 1 unspecified atom stereocenters. The zero-order valence-corrected chi connectivity index (χ0v) is 13.2. The molecule has 3 aliphatic heterocycles. The average Bonchev–Trinajstić information content (AvgIpc) is 3.07. The lowest BCUT2D eigenvalue weighted by Crippen LogP contribution is -2.65. The second kappa shape index (κ2) is 4.41. The number of azo groups is 1. The number of fused-ring (bicyclic) bond motifs is 4. The minimum absolute atomic E-state index is 0.142. The molecule has 7 nitrogen and oxygen atoms in total. The predicted octanol–water partition coefficient (Wildman–Crippen LogP) is 1.16. The molecule has 0 radical (unpaired) electrons. The van der Waals surface area contributed by atoms with Crippen molar-refractivity contribution < 1.29 is 24.2 Å². The third kappa shape index (κ3) is 1.63. The SMILES string of the molecule is C[C@H]1CC[C@@H]2[C@@H](OC(=O)C23CCN=N3)[C@]2(C)OC(=O)C=C[C@@]12O. The van der Waals surface area contributed by atoms with Crippen LogP contribution in [0.15, 0.2) is 22.4 Å². The minimum Gasteiger partial charge on any atom is -0.456 e. The molecule has 23 heavy (non-hydrogen) atoms. The monoisotopic (exact) mass is 320 g/mol. The summed E-state index contributed by atoms with van der Waals surface area (Å²) < 4.78 is 11.2. The highest BCUT2D eigenvalue weighted by molar-refractivity contribution is 5.86. The van der Waals surface area contributed by atoms with Crippen molar-refractivity contribution in [2.45, 2.75) is 56.0 Å². The molecule has 6 atom stereocenters. The van der Waals surface area contributed by atoms with Crippen LogP contribution in [0, 0.1) is 11.8 Å². The van der Waals surface area contributed by atoms with Gasteiger partial charge >= 0.3 is 11.9 Å². The maximum absolute atomic E-state index is 12.5. The number of carbonyl (C=O) groups is 2. The molecule has 3 heterocycles. The van der Waals surface area contributed by atoms with Gasteiger partial charge < -0.3 is 14.6 Å². The maximum Gasteiger partial charge on any atom is 0.336 e. The molecular weight excluding hydrogens is 300 g/mol. The molecule has 1 N–H and O–H groups in total. The van der Waals surface area contributed by atoms with Crippen molar-refractivity contribution >= 4 is 11.9 Å². The molecule has 0 amide bonds. The van der Waals surface area contributed by atoms with E-state index in [4.69, 9.17) is 9.47 Å². The number of rotatable bonds is 0. The standard InChI is InChI=1S/C16H20N2O5/c1-9-3-4-10-12(22-13(20)15(10)7-8-17-18-15)14(2)16(9,21)6-5-11(19)23-14/h5-6,9-10,12,21H,3-4,7-8H2,1-2H3/t9-,10+,12+,14-,15?,16+/m0/s1. The number of nitrogens with zero attached hydrogens (tertiary/aromatic N) is 2. The molecule has 1 spiro atoms. The predicted molar refractivity (Wildman–Crippen MR) is 77.4 cm³/mol. The van der Waals surface area contributed by atoms with Crippen LogP contribution in [-0.2, 0) is 19.1 Å². The van der Waals surface area contributed by atoms with Crippen molar-refractivity contribution in [2.75, 3.05) is 6.54 Å². The Morgan fingerprint density at radius 3 is 2.83 bits per heavy atom. The quantitative estimate of drug-likeness (QED) is 0.675. The van der Waals surface area contributed by atoms with Crippen LogP contribution in [0.2, 0.25) is 0 Å². The van der Waals surface area contributed by atoms with E-state index < -0.39 is 34.8 Å². The van der Waals surface area contributed by atoms with Gasteiger partial charge in [0.25, 0.3) is 0 Å². The van der Waals surface area contributed by atoms with E-state index in [1.54, 1.807) is 6.92 Å². The van der Waals surface area contributed by atoms with Gasteiger partial charge in [0.2, 0.25) is 0 Å². The molecular formula is C16H20N2O5. The Balaban J connectivity index is 1.85. The van der Waals surface area contributed by atoms with Gasteiger partial charge in [-0.1, -0.05) is 6.92 Å². The molecule has 124 valence electrons. The van der Waals surface area contributed by atoms with E-state index in [0.29, 0.717) is 25.8 Å². The van der Waals surface area contributed by atoms with Crippen molar-refractivity contribution in [3.63, 3.8) is 0 Å². The first-order chi connectivity index (χ1) is 10.8. The zero-order valence-electron chi connectivity index (χ0n) is 13.2. The summed E-state index contributed by atoms with van der Waals surface area (Å²) in [5.74, 6) is -1.34. The second-order valence-corrected chi connectivity index (χ2v) is 7.24. The van der Waals surface area contributed by atoms with E-state index in [-0.39, 0.29) is 11.8 Å². The molecule has 1 aliphatic carbocycles. The molecule has 7 heteroatoms. The smallest absolute Gasteiger partial charge is 0.336 e. The molecule has 4 aliphatic rings. The average molecular weight is 320 g/mol.